The van der Waals surface area contributed by atoms with Gasteiger partial charge in [-0.1, -0.05) is 25.9 Å². The summed E-state index contributed by atoms with van der Waals surface area (Å²) >= 11 is 0. The molecule has 2 aromatic heterocycles. The first-order valence-corrected chi connectivity index (χ1v) is 8.23. The van der Waals surface area contributed by atoms with E-state index in [1.54, 1.807) is 6.07 Å². The highest BCUT2D eigenvalue weighted by atomic mass is 16.5. The molecule has 0 bridgehead atoms. The second kappa shape index (κ2) is 6.35. The first kappa shape index (κ1) is 16.6. The number of amides is 1. The van der Waals surface area contributed by atoms with E-state index in [0.717, 1.165) is 31.6 Å². The third-order valence-electron chi connectivity index (χ3n) is 4.27. The SMILES string of the molecule is CC(C)(C)c1nc(CN2CCCC(c3cc(C(N)=O)n[nH]3)C2)no1. The van der Waals surface area contributed by atoms with Crippen molar-refractivity contribution in [3.8, 4) is 0 Å². The van der Waals surface area contributed by atoms with Crippen LogP contribution in [0.4, 0.5) is 0 Å². The number of likely N-dealkylation sites (tertiary alicyclic amines) is 1. The molecule has 24 heavy (non-hydrogen) atoms. The number of hydrogen-bond donors (Lipinski definition) is 2. The molecule has 0 spiro atoms. The second-order valence-electron chi connectivity index (χ2n) is 7.41. The number of carbonyl (C=O) groups excluding carboxylic acids is 1. The van der Waals surface area contributed by atoms with Crippen molar-refractivity contribution in [3.05, 3.63) is 29.2 Å². The predicted octanol–water partition coefficient (Wildman–Crippen LogP) is 1.57. The van der Waals surface area contributed by atoms with Crippen molar-refractivity contribution >= 4 is 5.91 Å². The van der Waals surface area contributed by atoms with E-state index in [4.69, 9.17) is 10.3 Å². The maximum Gasteiger partial charge on any atom is 0.269 e. The van der Waals surface area contributed by atoms with Crippen LogP contribution >= 0.6 is 0 Å². The van der Waals surface area contributed by atoms with Gasteiger partial charge >= 0.3 is 0 Å². The van der Waals surface area contributed by atoms with E-state index in [9.17, 15) is 4.79 Å². The molecular weight excluding hydrogens is 308 g/mol. The summed E-state index contributed by atoms with van der Waals surface area (Å²) in [5, 5.41) is 11.0. The van der Waals surface area contributed by atoms with Gasteiger partial charge in [-0.05, 0) is 25.5 Å². The van der Waals surface area contributed by atoms with Crippen molar-refractivity contribution in [2.24, 2.45) is 5.73 Å². The van der Waals surface area contributed by atoms with Crippen molar-refractivity contribution in [2.75, 3.05) is 13.1 Å². The molecule has 3 heterocycles. The Balaban J connectivity index is 1.65. The monoisotopic (exact) mass is 332 g/mol. The van der Waals surface area contributed by atoms with Crippen LogP contribution in [0.15, 0.2) is 10.6 Å². The first-order valence-electron chi connectivity index (χ1n) is 8.23. The fourth-order valence-electron chi connectivity index (χ4n) is 2.95. The summed E-state index contributed by atoms with van der Waals surface area (Å²) in [4.78, 5) is 18.0. The lowest BCUT2D eigenvalue weighted by atomic mass is 9.94. The molecule has 3 N–H and O–H groups in total. The molecule has 0 saturated carbocycles. The van der Waals surface area contributed by atoms with Gasteiger partial charge in [0.15, 0.2) is 5.82 Å². The highest BCUT2D eigenvalue weighted by Crippen LogP contribution is 2.27. The Morgan fingerprint density at radius 2 is 2.29 bits per heavy atom. The van der Waals surface area contributed by atoms with E-state index < -0.39 is 5.91 Å². The number of carbonyl (C=O) groups is 1. The lowest BCUT2D eigenvalue weighted by molar-refractivity contribution is 0.0995. The quantitative estimate of drug-likeness (QED) is 0.878. The average Bonchev–Trinajstić information content (AvgIpc) is 3.16. The number of aromatic nitrogens is 4. The lowest BCUT2D eigenvalue weighted by Crippen LogP contribution is -2.34. The Hall–Kier alpha value is -2.22. The van der Waals surface area contributed by atoms with E-state index in [2.05, 4.69) is 46.0 Å². The van der Waals surface area contributed by atoms with Crippen molar-refractivity contribution in [2.45, 2.75) is 51.5 Å². The minimum atomic E-state index is -0.508. The Bertz CT molecular complexity index is 714. The summed E-state index contributed by atoms with van der Waals surface area (Å²) < 4.78 is 5.36. The fourth-order valence-corrected chi connectivity index (χ4v) is 2.95. The third kappa shape index (κ3) is 3.64. The van der Waals surface area contributed by atoms with Gasteiger partial charge in [-0.2, -0.15) is 10.1 Å². The molecule has 1 aliphatic rings. The molecule has 3 rings (SSSR count). The van der Waals surface area contributed by atoms with Gasteiger partial charge in [0.2, 0.25) is 5.89 Å². The van der Waals surface area contributed by atoms with Crippen molar-refractivity contribution < 1.29 is 9.32 Å². The minimum Gasteiger partial charge on any atom is -0.364 e. The molecular formula is C16H24N6O2. The summed E-state index contributed by atoms with van der Waals surface area (Å²) in [6.45, 7) is 8.67. The number of nitrogens with one attached hydrogen (secondary N) is 1. The second-order valence-corrected chi connectivity index (χ2v) is 7.41. The molecule has 1 atom stereocenters. The number of hydrogen-bond acceptors (Lipinski definition) is 6. The molecule has 2 aromatic rings. The number of piperidine rings is 1. The van der Waals surface area contributed by atoms with Crippen molar-refractivity contribution in [1.29, 1.82) is 0 Å². The van der Waals surface area contributed by atoms with E-state index in [0.29, 0.717) is 24.2 Å². The van der Waals surface area contributed by atoms with Crippen LogP contribution in [0.1, 0.15) is 67.4 Å². The number of aromatic amines is 1. The number of H-pyrrole nitrogens is 1. The summed E-state index contributed by atoms with van der Waals surface area (Å²) in [6.07, 6.45) is 2.12. The van der Waals surface area contributed by atoms with Crippen LogP contribution in [0.2, 0.25) is 0 Å². The van der Waals surface area contributed by atoms with Crippen LogP contribution < -0.4 is 5.73 Å². The summed E-state index contributed by atoms with van der Waals surface area (Å²) in [7, 11) is 0. The lowest BCUT2D eigenvalue weighted by Gasteiger charge is -2.31. The Morgan fingerprint density at radius 3 is 2.92 bits per heavy atom. The van der Waals surface area contributed by atoms with Gasteiger partial charge in [0.05, 0.1) is 6.54 Å². The van der Waals surface area contributed by atoms with Gasteiger partial charge in [0, 0.05) is 23.6 Å². The van der Waals surface area contributed by atoms with E-state index in [-0.39, 0.29) is 11.1 Å². The number of nitrogens with zero attached hydrogens (tertiary/aromatic N) is 4. The number of primary amides is 1. The van der Waals surface area contributed by atoms with Crippen molar-refractivity contribution in [3.63, 3.8) is 0 Å². The van der Waals surface area contributed by atoms with Gasteiger partial charge in [-0.3, -0.25) is 14.8 Å². The molecule has 8 heteroatoms. The van der Waals surface area contributed by atoms with Gasteiger partial charge in [-0.15, -0.1) is 0 Å². The minimum absolute atomic E-state index is 0.142. The van der Waals surface area contributed by atoms with Gasteiger partial charge in [-0.25, -0.2) is 0 Å². The first-order chi connectivity index (χ1) is 11.3. The zero-order valence-corrected chi connectivity index (χ0v) is 14.4. The molecule has 1 unspecified atom stereocenters. The van der Waals surface area contributed by atoms with Crippen LogP contribution in [0.3, 0.4) is 0 Å². The molecule has 0 aliphatic carbocycles. The van der Waals surface area contributed by atoms with E-state index >= 15 is 0 Å². The number of nitrogens with two attached hydrogens (primary N) is 1. The summed E-state index contributed by atoms with van der Waals surface area (Å²) in [6, 6.07) is 1.75. The van der Waals surface area contributed by atoms with Gasteiger partial charge < -0.3 is 10.3 Å². The molecule has 0 radical (unpaired) electrons. The van der Waals surface area contributed by atoms with Gasteiger partial charge in [0.1, 0.15) is 5.69 Å². The Morgan fingerprint density at radius 1 is 1.50 bits per heavy atom. The number of rotatable bonds is 4. The predicted molar refractivity (Wildman–Crippen MR) is 87.4 cm³/mol. The largest absolute Gasteiger partial charge is 0.364 e. The standard InChI is InChI=1S/C16H24N6O2/c1-16(2,3)15-18-13(21-24-15)9-22-6-4-5-10(8-22)11-7-12(14(17)23)20-19-11/h7,10H,4-6,8-9H2,1-3H3,(H2,17,23)(H,19,20). The molecule has 8 nitrogen and oxygen atoms in total. The highest BCUT2D eigenvalue weighted by Gasteiger charge is 2.26. The molecule has 1 saturated heterocycles. The Labute approximate surface area is 140 Å². The smallest absolute Gasteiger partial charge is 0.269 e. The average molecular weight is 332 g/mol. The molecule has 1 amide bonds. The van der Waals surface area contributed by atoms with Crippen LogP contribution in [0.25, 0.3) is 0 Å². The topological polar surface area (TPSA) is 114 Å². The summed E-state index contributed by atoms with van der Waals surface area (Å²) in [5.74, 6) is 1.16. The Kier molecular flexibility index (Phi) is 4.40. The highest BCUT2D eigenvalue weighted by molar-refractivity contribution is 5.90. The maximum absolute atomic E-state index is 11.2. The summed E-state index contributed by atoms with van der Waals surface area (Å²) in [5.41, 5.74) is 6.37. The zero-order valence-electron chi connectivity index (χ0n) is 14.4. The normalized spacial score (nSPS) is 19.5. The van der Waals surface area contributed by atoms with Crippen molar-refractivity contribution in [1.82, 2.24) is 25.2 Å². The molecule has 0 aromatic carbocycles. The molecule has 1 aliphatic heterocycles. The molecule has 1 fully saturated rings. The van der Waals surface area contributed by atoms with Gasteiger partial charge in [0.25, 0.3) is 5.91 Å². The van der Waals surface area contributed by atoms with Crippen LogP contribution in [0.5, 0.6) is 0 Å². The van der Waals surface area contributed by atoms with Crippen LogP contribution in [-0.4, -0.2) is 44.2 Å². The van der Waals surface area contributed by atoms with Crippen LogP contribution in [-0.2, 0) is 12.0 Å². The van der Waals surface area contributed by atoms with Crippen LogP contribution in [0, 0.1) is 0 Å². The maximum atomic E-state index is 11.2. The van der Waals surface area contributed by atoms with E-state index in [1.165, 1.54) is 0 Å². The fraction of sp³-hybridized carbons (Fsp3) is 0.625. The molecule has 130 valence electrons. The third-order valence-corrected chi connectivity index (χ3v) is 4.27. The zero-order chi connectivity index (χ0) is 17.3. The van der Waals surface area contributed by atoms with E-state index in [1.807, 2.05) is 0 Å².